The zero-order chi connectivity index (χ0) is 22.1. The minimum absolute atomic E-state index is 0.0896. The summed E-state index contributed by atoms with van der Waals surface area (Å²) in [5.74, 6) is 3.24. The number of carbonyl (C=O) groups excluding carboxylic acids is 1. The van der Waals surface area contributed by atoms with Crippen LogP contribution in [0.2, 0.25) is 0 Å². The summed E-state index contributed by atoms with van der Waals surface area (Å²) in [7, 11) is 2.15. The van der Waals surface area contributed by atoms with Gasteiger partial charge in [-0.25, -0.2) is 9.97 Å². The summed E-state index contributed by atoms with van der Waals surface area (Å²) >= 11 is 1.56. The molecule has 168 valence electrons. The van der Waals surface area contributed by atoms with Gasteiger partial charge in [0.15, 0.2) is 11.5 Å². The maximum Gasteiger partial charge on any atom is 0.276 e. The van der Waals surface area contributed by atoms with Crippen molar-refractivity contribution >= 4 is 28.9 Å². The van der Waals surface area contributed by atoms with Gasteiger partial charge < -0.3 is 24.1 Å². The smallest absolute Gasteiger partial charge is 0.276 e. The normalized spacial score (nSPS) is 17.8. The van der Waals surface area contributed by atoms with Gasteiger partial charge >= 0.3 is 0 Å². The fraction of sp³-hybridized carbons (Fsp3) is 0.455. The number of hydrogen-bond donors (Lipinski definition) is 0. The Kier molecular flexibility index (Phi) is 5.79. The van der Waals surface area contributed by atoms with Crippen molar-refractivity contribution in [2.24, 2.45) is 0 Å². The summed E-state index contributed by atoms with van der Waals surface area (Å²) in [6.07, 6.45) is 0. The third-order valence-electron chi connectivity index (χ3n) is 6.02. The van der Waals surface area contributed by atoms with Gasteiger partial charge in [-0.2, -0.15) is 0 Å². The summed E-state index contributed by atoms with van der Waals surface area (Å²) in [6.45, 7) is 8.64. The Labute approximate surface area is 191 Å². The summed E-state index contributed by atoms with van der Waals surface area (Å²) in [5.41, 5.74) is 0.358. The molecule has 5 heterocycles. The molecule has 0 saturated carbocycles. The second kappa shape index (κ2) is 8.87. The van der Waals surface area contributed by atoms with Crippen molar-refractivity contribution in [2.75, 3.05) is 69.2 Å². The summed E-state index contributed by atoms with van der Waals surface area (Å²) in [4.78, 5) is 32.0. The molecule has 5 rings (SSSR count). The molecular formula is C22H27N7O2S. The molecule has 3 aromatic rings. The van der Waals surface area contributed by atoms with E-state index < -0.39 is 0 Å². The number of nitrogens with zero attached hydrogens (tertiary/aromatic N) is 7. The van der Waals surface area contributed by atoms with Gasteiger partial charge in [-0.3, -0.25) is 4.79 Å². The minimum Gasteiger partial charge on any atom is -0.355 e. The number of anilines is 2. The number of amides is 1. The van der Waals surface area contributed by atoms with Crippen LogP contribution >= 0.6 is 11.3 Å². The highest BCUT2D eigenvalue weighted by Crippen LogP contribution is 2.26. The van der Waals surface area contributed by atoms with Crippen molar-refractivity contribution < 1.29 is 9.32 Å². The first-order valence-electron chi connectivity index (χ1n) is 10.9. The van der Waals surface area contributed by atoms with Gasteiger partial charge in [0.05, 0.1) is 4.88 Å². The predicted octanol–water partition coefficient (Wildman–Crippen LogP) is 2.22. The van der Waals surface area contributed by atoms with Gasteiger partial charge in [0, 0.05) is 64.5 Å². The topological polar surface area (TPSA) is 81.8 Å². The van der Waals surface area contributed by atoms with E-state index in [4.69, 9.17) is 4.52 Å². The Hall–Kier alpha value is -2.98. The molecule has 2 aliphatic rings. The molecule has 0 aliphatic carbocycles. The first kappa shape index (κ1) is 20.9. The Bertz CT molecular complexity index is 1070. The maximum absolute atomic E-state index is 12.9. The SMILES string of the molecule is Cc1nc(N2CCN(C)CC2)cc(N2CCN(C(=O)c3cc(-c4cccs4)on3)CC2)n1. The van der Waals surface area contributed by atoms with E-state index in [-0.39, 0.29) is 5.91 Å². The van der Waals surface area contributed by atoms with E-state index in [0.717, 1.165) is 61.6 Å². The maximum atomic E-state index is 12.9. The first-order chi connectivity index (χ1) is 15.6. The molecule has 10 heteroatoms. The molecule has 32 heavy (non-hydrogen) atoms. The first-order valence-corrected chi connectivity index (χ1v) is 11.8. The van der Waals surface area contributed by atoms with Crippen molar-refractivity contribution in [3.8, 4) is 10.6 Å². The standard InChI is InChI=1S/C22H27N7O2S/c1-16-23-20(27-7-5-26(2)6-8-27)15-21(24-16)28-9-11-29(12-10-28)22(30)17-14-18(31-25-17)19-4-3-13-32-19/h3-4,13-15H,5-12H2,1-2H3. The summed E-state index contributed by atoms with van der Waals surface area (Å²) in [5, 5.41) is 5.98. The van der Waals surface area contributed by atoms with Crippen LogP contribution in [-0.4, -0.2) is 90.2 Å². The van der Waals surface area contributed by atoms with Crippen LogP contribution in [0, 0.1) is 6.92 Å². The number of rotatable bonds is 4. The Morgan fingerprint density at radius 1 is 0.969 bits per heavy atom. The molecule has 0 atom stereocenters. The molecular weight excluding hydrogens is 426 g/mol. The zero-order valence-electron chi connectivity index (χ0n) is 18.4. The highest BCUT2D eigenvalue weighted by atomic mass is 32.1. The van der Waals surface area contributed by atoms with Crippen LogP contribution in [0.3, 0.4) is 0 Å². The number of likely N-dealkylation sites (N-methyl/N-ethyl adjacent to an activating group) is 1. The van der Waals surface area contributed by atoms with Gasteiger partial charge in [-0.05, 0) is 25.4 Å². The van der Waals surface area contributed by atoms with Crippen LogP contribution in [0.5, 0.6) is 0 Å². The molecule has 2 saturated heterocycles. The molecule has 0 aromatic carbocycles. The van der Waals surface area contributed by atoms with Crippen LogP contribution in [0.4, 0.5) is 11.6 Å². The third kappa shape index (κ3) is 4.33. The highest BCUT2D eigenvalue weighted by Gasteiger charge is 2.26. The fourth-order valence-corrected chi connectivity index (χ4v) is 4.78. The van der Waals surface area contributed by atoms with Crippen LogP contribution in [0.15, 0.2) is 34.2 Å². The van der Waals surface area contributed by atoms with Crippen molar-refractivity contribution in [3.63, 3.8) is 0 Å². The number of carbonyl (C=O) groups is 1. The molecule has 0 spiro atoms. The van der Waals surface area contributed by atoms with Crippen LogP contribution in [0.1, 0.15) is 16.3 Å². The van der Waals surface area contributed by atoms with E-state index >= 15 is 0 Å². The second-order valence-electron chi connectivity index (χ2n) is 8.25. The molecule has 9 nitrogen and oxygen atoms in total. The lowest BCUT2D eigenvalue weighted by atomic mass is 10.2. The fourth-order valence-electron chi connectivity index (χ4n) is 4.11. The number of hydrogen-bond acceptors (Lipinski definition) is 9. The van der Waals surface area contributed by atoms with Crippen molar-refractivity contribution in [3.05, 3.63) is 41.2 Å². The number of aromatic nitrogens is 3. The van der Waals surface area contributed by atoms with Crippen LogP contribution in [-0.2, 0) is 0 Å². The lowest BCUT2D eigenvalue weighted by Gasteiger charge is -2.36. The summed E-state index contributed by atoms with van der Waals surface area (Å²) in [6, 6.07) is 7.73. The number of thiophene rings is 1. The van der Waals surface area contributed by atoms with Crippen molar-refractivity contribution in [2.45, 2.75) is 6.92 Å². The quantitative estimate of drug-likeness (QED) is 0.595. The Morgan fingerprint density at radius 2 is 1.62 bits per heavy atom. The van der Waals surface area contributed by atoms with E-state index in [0.29, 0.717) is 24.5 Å². The van der Waals surface area contributed by atoms with E-state index in [9.17, 15) is 4.79 Å². The lowest BCUT2D eigenvalue weighted by Crippen LogP contribution is -2.49. The van der Waals surface area contributed by atoms with Gasteiger partial charge in [0.1, 0.15) is 17.5 Å². The number of aryl methyl sites for hydroxylation is 1. The third-order valence-corrected chi connectivity index (χ3v) is 6.91. The largest absolute Gasteiger partial charge is 0.355 e. The van der Waals surface area contributed by atoms with Crippen molar-refractivity contribution in [1.82, 2.24) is 24.9 Å². The van der Waals surface area contributed by atoms with Crippen LogP contribution in [0.25, 0.3) is 10.6 Å². The van der Waals surface area contributed by atoms with E-state index in [1.807, 2.05) is 29.3 Å². The average molecular weight is 454 g/mol. The van der Waals surface area contributed by atoms with Gasteiger partial charge in [-0.1, -0.05) is 11.2 Å². The number of piperazine rings is 2. The van der Waals surface area contributed by atoms with Gasteiger partial charge in [0.2, 0.25) is 0 Å². The molecule has 2 fully saturated rings. The zero-order valence-corrected chi connectivity index (χ0v) is 19.2. The summed E-state index contributed by atoms with van der Waals surface area (Å²) < 4.78 is 5.38. The molecule has 3 aromatic heterocycles. The molecule has 2 aliphatic heterocycles. The Balaban J connectivity index is 1.23. The molecule has 0 unspecified atom stereocenters. The van der Waals surface area contributed by atoms with Crippen LogP contribution < -0.4 is 9.80 Å². The second-order valence-corrected chi connectivity index (χ2v) is 9.20. The monoisotopic (exact) mass is 453 g/mol. The van der Waals surface area contributed by atoms with Gasteiger partial charge in [-0.15, -0.1) is 11.3 Å². The minimum atomic E-state index is -0.0896. The molecule has 0 radical (unpaired) electrons. The Morgan fingerprint density at radius 3 is 2.25 bits per heavy atom. The molecule has 0 N–H and O–H groups in total. The highest BCUT2D eigenvalue weighted by molar-refractivity contribution is 7.13. The average Bonchev–Trinajstić information content (AvgIpc) is 3.51. The predicted molar refractivity (Wildman–Crippen MR) is 124 cm³/mol. The van der Waals surface area contributed by atoms with E-state index in [2.05, 4.69) is 42.9 Å². The molecule has 1 amide bonds. The molecule has 0 bridgehead atoms. The van der Waals surface area contributed by atoms with Crippen molar-refractivity contribution in [1.29, 1.82) is 0 Å². The van der Waals surface area contributed by atoms with E-state index in [1.54, 1.807) is 17.4 Å². The van der Waals surface area contributed by atoms with E-state index in [1.165, 1.54) is 0 Å². The van der Waals surface area contributed by atoms with Gasteiger partial charge in [0.25, 0.3) is 5.91 Å². The lowest BCUT2D eigenvalue weighted by molar-refractivity contribution is 0.0736.